The molecule has 0 aromatic heterocycles. The van der Waals surface area contributed by atoms with Crippen molar-refractivity contribution < 1.29 is 19.1 Å². The highest BCUT2D eigenvalue weighted by atomic mass is 16.6. The van der Waals surface area contributed by atoms with Gasteiger partial charge in [-0.15, -0.1) is 0 Å². The average Bonchev–Trinajstić information content (AvgIpc) is 2.61. The maximum atomic E-state index is 11.9. The number of nitriles is 1. The predicted octanol–water partition coefficient (Wildman–Crippen LogP) is 3.43. The van der Waals surface area contributed by atoms with Crippen molar-refractivity contribution >= 4 is 17.6 Å². The SMILES string of the molecule is Cc1cc(C)c(OCC(=O)OCCC(=O)Nc2ccccc2C#N)c(C)c1. The molecule has 0 aliphatic heterocycles. The van der Waals surface area contributed by atoms with Crippen LogP contribution in [0.25, 0.3) is 0 Å². The van der Waals surface area contributed by atoms with Crippen molar-refractivity contribution in [3.63, 3.8) is 0 Å². The summed E-state index contributed by atoms with van der Waals surface area (Å²) in [6, 6.07) is 12.7. The molecule has 0 saturated carbocycles. The summed E-state index contributed by atoms with van der Waals surface area (Å²) in [5.74, 6) is -0.209. The Morgan fingerprint density at radius 3 is 2.44 bits per heavy atom. The molecule has 0 spiro atoms. The summed E-state index contributed by atoms with van der Waals surface area (Å²) in [6.07, 6.45) is -0.00586. The molecule has 27 heavy (non-hydrogen) atoms. The van der Waals surface area contributed by atoms with Crippen LogP contribution in [0.5, 0.6) is 5.75 Å². The molecule has 1 N–H and O–H groups in total. The first-order valence-corrected chi connectivity index (χ1v) is 8.56. The number of ether oxygens (including phenoxy) is 2. The van der Waals surface area contributed by atoms with Crippen molar-refractivity contribution in [1.82, 2.24) is 0 Å². The minimum Gasteiger partial charge on any atom is -0.481 e. The first kappa shape index (κ1) is 20.0. The van der Waals surface area contributed by atoms with Gasteiger partial charge < -0.3 is 14.8 Å². The zero-order valence-corrected chi connectivity index (χ0v) is 15.7. The second-order valence-corrected chi connectivity index (χ2v) is 6.19. The number of nitrogens with zero attached hydrogens (tertiary/aromatic N) is 1. The van der Waals surface area contributed by atoms with Crippen LogP contribution in [0.3, 0.4) is 0 Å². The van der Waals surface area contributed by atoms with E-state index >= 15 is 0 Å². The van der Waals surface area contributed by atoms with E-state index in [4.69, 9.17) is 14.7 Å². The van der Waals surface area contributed by atoms with Crippen LogP contribution < -0.4 is 10.1 Å². The minimum absolute atomic E-state index is 0.00586. The smallest absolute Gasteiger partial charge is 0.344 e. The molecule has 0 radical (unpaired) electrons. The van der Waals surface area contributed by atoms with Gasteiger partial charge in [-0.3, -0.25) is 4.79 Å². The van der Waals surface area contributed by atoms with Crippen molar-refractivity contribution in [1.29, 1.82) is 5.26 Å². The predicted molar refractivity (Wildman–Crippen MR) is 102 cm³/mol. The van der Waals surface area contributed by atoms with E-state index in [9.17, 15) is 9.59 Å². The molecule has 0 aliphatic carbocycles. The van der Waals surface area contributed by atoms with Gasteiger partial charge in [0.1, 0.15) is 18.4 Å². The Hall–Kier alpha value is -3.33. The number of rotatable bonds is 7. The summed E-state index contributed by atoms with van der Waals surface area (Å²) in [7, 11) is 0. The number of para-hydroxylation sites is 1. The van der Waals surface area contributed by atoms with Gasteiger partial charge in [-0.05, 0) is 44.0 Å². The van der Waals surface area contributed by atoms with Crippen molar-refractivity contribution in [2.24, 2.45) is 0 Å². The number of esters is 1. The Balaban J connectivity index is 1.76. The second-order valence-electron chi connectivity index (χ2n) is 6.19. The Morgan fingerprint density at radius 2 is 1.78 bits per heavy atom. The molecule has 6 heteroatoms. The Kier molecular flexibility index (Phi) is 6.95. The third kappa shape index (κ3) is 5.86. The molecule has 0 unspecified atom stereocenters. The average molecular weight is 366 g/mol. The number of aryl methyl sites for hydroxylation is 3. The Bertz CT molecular complexity index is 861. The molecular formula is C21H22N2O4. The second kappa shape index (κ2) is 9.39. The number of hydrogen-bond acceptors (Lipinski definition) is 5. The van der Waals surface area contributed by atoms with Gasteiger partial charge in [0.15, 0.2) is 6.61 Å². The van der Waals surface area contributed by atoms with Gasteiger partial charge >= 0.3 is 5.97 Å². The standard InChI is InChI=1S/C21H22N2O4/c1-14-10-15(2)21(16(3)11-14)27-13-20(25)26-9-8-19(24)23-18-7-5-4-6-17(18)12-22/h4-7,10-11H,8-9,13H2,1-3H3,(H,23,24). The van der Waals surface area contributed by atoms with Crippen molar-refractivity contribution in [3.8, 4) is 11.8 Å². The summed E-state index contributed by atoms with van der Waals surface area (Å²) in [5.41, 5.74) is 3.85. The molecular weight excluding hydrogens is 344 g/mol. The van der Waals surface area contributed by atoms with E-state index in [1.807, 2.05) is 39.0 Å². The molecule has 1 amide bonds. The molecule has 6 nitrogen and oxygen atoms in total. The molecule has 0 fully saturated rings. The van der Waals surface area contributed by atoms with E-state index in [0.717, 1.165) is 16.7 Å². The molecule has 2 aromatic rings. The molecule has 0 atom stereocenters. The van der Waals surface area contributed by atoms with Crippen molar-refractivity contribution in [2.45, 2.75) is 27.2 Å². The normalized spacial score (nSPS) is 10.0. The molecule has 0 bridgehead atoms. The van der Waals surface area contributed by atoms with Crippen LogP contribution in [0.2, 0.25) is 0 Å². The largest absolute Gasteiger partial charge is 0.481 e. The van der Waals surface area contributed by atoms with Gasteiger partial charge in [-0.25, -0.2) is 4.79 Å². The fraction of sp³-hybridized carbons (Fsp3) is 0.286. The highest BCUT2D eigenvalue weighted by molar-refractivity contribution is 5.92. The third-order valence-electron chi connectivity index (χ3n) is 3.85. The number of nitrogens with one attached hydrogen (secondary N) is 1. The Labute approximate surface area is 158 Å². The fourth-order valence-corrected chi connectivity index (χ4v) is 2.73. The van der Waals surface area contributed by atoms with Crippen molar-refractivity contribution in [2.75, 3.05) is 18.5 Å². The van der Waals surface area contributed by atoms with E-state index in [1.165, 1.54) is 0 Å². The van der Waals surface area contributed by atoms with E-state index in [2.05, 4.69) is 5.32 Å². The molecule has 0 heterocycles. The summed E-state index contributed by atoms with van der Waals surface area (Å²) < 4.78 is 10.6. The highest BCUT2D eigenvalue weighted by Crippen LogP contribution is 2.24. The van der Waals surface area contributed by atoms with E-state index in [-0.39, 0.29) is 25.5 Å². The maximum absolute atomic E-state index is 11.9. The third-order valence-corrected chi connectivity index (χ3v) is 3.85. The van der Waals surface area contributed by atoms with Gasteiger partial charge in [0, 0.05) is 0 Å². The van der Waals surface area contributed by atoms with Crippen molar-refractivity contribution in [3.05, 3.63) is 58.7 Å². The lowest BCUT2D eigenvalue weighted by molar-refractivity contribution is -0.146. The number of benzene rings is 2. The monoisotopic (exact) mass is 366 g/mol. The topological polar surface area (TPSA) is 88.4 Å². The first-order valence-electron chi connectivity index (χ1n) is 8.56. The lowest BCUT2D eigenvalue weighted by Crippen LogP contribution is -2.20. The number of hydrogen-bond donors (Lipinski definition) is 1. The number of carbonyl (C=O) groups excluding carboxylic acids is 2. The van der Waals surface area contributed by atoms with Crippen LogP contribution in [0.4, 0.5) is 5.69 Å². The zero-order chi connectivity index (χ0) is 19.8. The summed E-state index contributed by atoms with van der Waals surface area (Å²) >= 11 is 0. The van der Waals surface area contributed by atoms with Gasteiger partial charge in [-0.2, -0.15) is 5.26 Å². The highest BCUT2D eigenvalue weighted by Gasteiger charge is 2.11. The minimum atomic E-state index is -0.542. The van der Waals surface area contributed by atoms with Crippen LogP contribution in [0.1, 0.15) is 28.7 Å². The quantitative estimate of drug-likeness (QED) is 0.759. The van der Waals surface area contributed by atoms with E-state index in [0.29, 0.717) is 17.0 Å². The fourth-order valence-electron chi connectivity index (χ4n) is 2.73. The number of carbonyl (C=O) groups is 2. The lowest BCUT2D eigenvalue weighted by Gasteiger charge is -2.13. The summed E-state index contributed by atoms with van der Waals surface area (Å²) in [4.78, 5) is 23.7. The van der Waals surface area contributed by atoms with E-state index in [1.54, 1.807) is 24.3 Å². The van der Waals surface area contributed by atoms with Gasteiger partial charge in [0.05, 0.1) is 17.7 Å². The number of amides is 1. The van der Waals surface area contributed by atoms with E-state index < -0.39 is 5.97 Å². The summed E-state index contributed by atoms with van der Waals surface area (Å²) in [6.45, 7) is 5.56. The molecule has 2 rings (SSSR count). The maximum Gasteiger partial charge on any atom is 0.344 e. The Morgan fingerprint density at radius 1 is 1.11 bits per heavy atom. The summed E-state index contributed by atoms with van der Waals surface area (Å²) in [5, 5.41) is 11.6. The molecule has 140 valence electrons. The first-order chi connectivity index (χ1) is 12.9. The lowest BCUT2D eigenvalue weighted by atomic mass is 10.1. The number of anilines is 1. The zero-order valence-electron chi connectivity index (χ0n) is 15.7. The van der Waals surface area contributed by atoms with Gasteiger partial charge in [0.2, 0.25) is 5.91 Å². The molecule has 0 aliphatic rings. The van der Waals surface area contributed by atoms with Crippen LogP contribution in [-0.4, -0.2) is 25.1 Å². The molecule has 2 aromatic carbocycles. The van der Waals surface area contributed by atoms with Gasteiger partial charge in [-0.1, -0.05) is 29.8 Å². The van der Waals surface area contributed by atoms with Crippen LogP contribution in [-0.2, 0) is 14.3 Å². The van der Waals surface area contributed by atoms with Crippen LogP contribution in [0, 0.1) is 32.1 Å². The van der Waals surface area contributed by atoms with Crippen LogP contribution in [0.15, 0.2) is 36.4 Å². The van der Waals surface area contributed by atoms with Crippen LogP contribution >= 0.6 is 0 Å². The molecule has 0 saturated heterocycles. The van der Waals surface area contributed by atoms with Gasteiger partial charge in [0.25, 0.3) is 0 Å².